The predicted molar refractivity (Wildman–Crippen MR) is 84.7 cm³/mol. The molecular formula is C16H31NO2S. The van der Waals surface area contributed by atoms with Crippen LogP contribution in [0.25, 0.3) is 0 Å². The molecule has 3 unspecified atom stereocenters. The number of hydrogen-bond acceptors (Lipinski definition) is 3. The second kappa shape index (κ2) is 7.26. The van der Waals surface area contributed by atoms with Crippen LogP contribution in [0.2, 0.25) is 0 Å². The van der Waals surface area contributed by atoms with Gasteiger partial charge in [0.2, 0.25) is 0 Å². The lowest BCUT2D eigenvalue weighted by Crippen LogP contribution is -2.46. The molecule has 2 fully saturated rings. The molecule has 3 nitrogen and oxygen atoms in total. The Balaban J connectivity index is 1.90. The summed E-state index contributed by atoms with van der Waals surface area (Å²) in [5.41, 5.74) is 0. The highest BCUT2D eigenvalue weighted by molar-refractivity contribution is 7.91. The summed E-state index contributed by atoms with van der Waals surface area (Å²) in [6, 6.07) is 1.01. The SMILES string of the molecule is CCC(NC1CCCC(S(C)(=O)=O)C1)C1CCCCC1. The van der Waals surface area contributed by atoms with Gasteiger partial charge in [0.1, 0.15) is 9.84 Å². The van der Waals surface area contributed by atoms with Crippen molar-refractivity contribution < 1.29 is 8.42 Å². The number of hydrogen-bond donors (Lipinski definition) is 1. The van der Waals surface area contributed by atoms with E-state index < -0.39 is 9.84 Å². The summed E-state index contributed by atoms with van der Waals surface area (Å²) in [4.78, 5) is 0. The minimum atomic E-state index is -2.87. The second-order valence-corrected chi connectivity index (χ2v) is 9.22. The van der Waals surface area contributed by atoms with E-state index in [1.807, 2.05) is 0 Å². The maximum absolute atomic E-state index is 11.8. The van der Waals surface area contributed by atoms with Crippen LogP contribution in [-0.4, -0.2) is 32.0 Å². The summed E-state index contributed by atoms with van der Waals surface area (Å²) >= 11 is 0. The van der Waals surface area contributed by atoms with E-state index in [1.165, 1.54) is 44.8 Å². The zero-order valence-electron chi connectivity index (χ0n) is 13.1. The van der Waals surface area contributed by atoms with E-state index in [0.717, 1.165) is 31.6 Å². The summed E-state index contributed by atoms with van der Waals surface area (Å²) in [6.07, 6.45) is 13.3. The Morgan fingerprint density at radius 2 is 1.75 bits per heavy atom. The van der Waals surface area contributed by atoms with Crippen LogP contribution in [0.5, 0.6) is 0 Å². The van der Waals surface area contributed by atoms with E-state index in [0.29, 0.717) is 12.1 Å². The van der Waals surface area contributed by atoms with E-state index in [4.69, 9.17) is 0 Å². The van der Waals surface area contributed by atoms with Gasteiger partial charge >= 0.3 is 0 Å². The Morgan fingerprint density at radius 3 is 2.35 bits per heavy atom. The molecule has 0 bridgehead atoms. The molecule has 2 aliphatic carbocycles. The maximum Gasteiger partial charge on any atom is 0.150 e. The number of nitrogens with one attached hydrogen (secondary N) is 1. The number of sulfone groups is 1. The Labute approximate surface area is 124 Å². The molecule has 20 heavy (non-hydrogen) atoms. The third-order valence-electron chi connectivity index (χ3n) is 5.34. The first-order chi connectivity index (χ1) is 9.50. The van der Waals surface area contributed by atoms with Crippen molar-refractivity contribution in [1.82, 2.24) is 5.32 Å². The predicted octanol–water partition coefficient (Wildman–Crippen LogP) is 3.29. The first-order valence-corrected chi connectivity index (χ1v) is 10.4. The quantitative estimate of drug-likeness (QED) is 0.847. The molecule has 0 amide bonds. The van der Waals surface area contributed by atoms with Crippen LogP contribution >= 0.6 is 0 Å². The topological polar surface area (TPSA) is 46.2 Å². The molecule has 2 aliphatic rings. The van der Waals surface area contributed by atoms with Crippen molar-refractivity contribution in [2.45, 2.75) is 88.5 Å². The normalized spacial score (nSPS) is 31.1. The molecular weight excluding hydrogens is 270 g/mol. The maximum atomic E-state index is 11.8. The zero-order valence-corrected chi connectivity index (χ0v) is 13.9. The van der Waals surface area contributed by atoms with E-state index in [2.05, 4.69) is 12.2 Å². The van der Waals surface area contributed by atoms with Crippen LogP contribution in [0, 0.1) is 5.92 Å². The van der Waals surface area contributed by atoms with E-state index in [1.54, 1.807) is 0 Å². The van der Waals surface area contributed by atoms with E-state index in [9.17, 15) is 8.42 Å². The Hall–Kier alpha value is -0.0900. The summed E-state index contributed by atoms with van der Waals surface area (Å²) in [6.45, 7) is 2.27. The molecule has 118 valence electrons. The smallest absolute Gasteiger partial charge is 0.150 e. The lowest BCUT2D eigenvalue weighted by molar-refractivity contribution is 0.227. The van der Waals surface area contributed by atoms with Crippen LogP contribution < -0.4 is 5.32 Å². The van der Waals surface area contributed by atoms with Crippen molar-refractivity contribution in [2.75, 3.05) is 6.26 Å². The van der Waals surface area contributed by atoms with Gasteiger partial charge in [0.05, 0.1) is 5.25 Å². The van der Waals surface area contributed by atoms with Gasteiger partial charge < -0.3 is 5.32 Å². The van der Waals surface area contributed by atoms with E-state index in [-0.39, 0.29) is 5.25 Å². The molecule has 2 rings (SSSR count). The second-order valence-electron chi connectivity index (χ2n) is 6.89. The van der Waals surface area contributed by atoms with Gasteiger partial charge in [-0.2, -0.15) is 0 Å². The van der Waals surface area contributed by atoms with Gasteiger partial charge in [0, 0.05) is 18.3 Å². The molecule has 4 heteroatoms. The molecule has 1 N–H and O–H groups in total. The molecule has 0 aromatic rings. The number of rotatable bonds is 5. The molecule has 0 aromatic carbocycles. The van der Waals surface area contributed by atoms with Crippen LogP contribution in [0.4, 0.5) is 0 Å². The van der Waals surface area contributed by atoms with Crippen LogP contribution in [-0.2, 0) is 9.84 Å². The summed E-state index contributed by atoms with van der Waals surface area (Å²) in [5.74, 6) is 0.812. The largest absolute Gasteiger partial charge is 0.311 e. The first-order valence-electron chi connectivity index (χ1n) is 8.45. The van der Waals surface area contributed by atoms with Gasteiger partial charge in [-0.3, -0.25) is 0 Å². The Kier molecular flexibility index (Phi) is 5.91. The van der Waals surface area contributed by atoms with Gasteiger partial charge in [-0.1, -0.05) is 32.6 Å². The van der Waals surface area contributed by atoms with Crippen molar-refractivity contribution in [3.8, 4) is 0 Å². The van der Waals surface area contributed by atoms with Crippen LogP contribution in [0.3, 0.4) is 0 Å². The molecule has 0 saturated heterocycles. The van der Waals surface area contributed by atoms with Gasteiger partial charge in [-0.05, 0) is 44.4 Å². The monoisotopic (exact) mass is 301 g/mol. The Bertz CT molecular complexity index is 387. The first kappa shape index (κ1) is 16.3. The van der Waals surface area contributed by atoms with Crippen LogP contribution in [0.1, 0.15) is 71.1 Å². The highest BCUT2D eigenvalue weighted by atomic mass is 32.2. The molecule has 2 saturated carbocycles. The van der Waals surface area contributed by atoms with Crippen LogP contribution in [0.15, 0.2) is 0 Å². The average molecular weight is 301 g/mol. The standard InChI is InChI=1S/C16H31NO2S/c1-3-16(13-8-5-4-6-9-13)17-14-10-7-11-15(12-14)20(2,18)19/h13-17H,3-12H2,1-2H3. The highest BCUT2D eigenvalue weighted by Gasteiger charge is 2.31. The van der Waals surface area contributed by atoms with Gasteiger partial charge in [-0.25, -0.2) is 8.42 Å². The van der Waals surface area contributed by atoms with Crippen molar-refractivity contribution in [3.63, 3.8) is 0 Å². The fourth-order valence-corrected chi connectivity index (χ4v) is 5.29. The summed E-state index contributed by atoms with van der Waals surface area (Å²) < 4.78 is 23.5. The minimum absolute atomic E-state index is 0.113. The van der Waals surface area contributed by atoms with Gasteiger partial charge in [0.15, 0.2) is 0 Å². The molecule has 0 aliphatic heterocycles. The van der Waals surface area contributed by atoms with E-state index >= 15 is 0 Å². The highest BCUT2D eigenvalue weighted by Crippen LogP contribution is 2.30. The van der Waals surface area contributed by atoms with Gasteiger partial charge in [0.25, 0.3) is 0 Å². The van der Waals surface area contributed by atoms with Crippen molar-refractivity contribution in [3.05, 3.63) is 0 Å². The third kappa shape index (κ3) is 4.45. The minimum Gasteiger partial charge on any atom is -0.311 e. The molecule has 3 atom stereocenters. The van der Waals surface area contributed by atoms with Crippen molar-refractivity contribution in [2.24, 2.45) is 5.92 Å². The summed E-state index contributed by atoms with van der Waals surface area (Å²) in [7, 11) is -2.87. The lowest BCUT2D eigenvalue weighted by atomic mass is 9.82. The van der Waals surface area contributed by atoms with Crippen molar-refractivity contribution in [1.29, 1.82) is 0 Å². The fraction of sp³-hybridized carbons (Fsp3) is 1.00. The molecule has 0 spiro atoms. The fourth-order valence-electron chi connectivity index (χ4n) is 4.11. The lowest BCUT2D eigenvalue weighted by Gasteiger charge is -2.36. The molecule has 0 heterocycles. The third-order valence-corrected chi connectivity index (χ3v) is 6.98. The van der Waals surface area contributed by atoms with Gasteiger partial charge in [-0.15, -0.1) is 0 Å². The molecule has 0 aromatic heterocycles. The average Bonchev–Trinajstić information content (AvgIpc) is 2.45. The molecule has 0 radical (unpaired) electrons. The summed E-state index contributed by atoms with van der Waals surface area (Å²) in [5, 5.41) is 3.70. The van der Waals surface area contributed by atoms with Crippen molar-refractivity contribution >= 4 is 9.84 Å². The zero-order chi connectivity index (χ0) is 14.6. The Morgan fingerprint density at radius 1 is 1.05 bits per heavy atom.